The summed E-state index contributed by atoms with van der Waals surface area (Å²) in [5.74, 6) is 0.645. The van der Waals surface area contributed by atoms with E-state index in [1.807, 2.05) is 48.7 Å². The van der Waals surface area contributed by atoms with E-state index in [0.717, 1.165) is 39.2 Å². The van der Waals surface area contributed by atoms with E-state index in [4.69, 9.17) is 4.74 Å². The summed E-state index contributed by atoms with van der Waals surface area (Å²) >= 11 is 1.43. The molecule has 0 unspecified atom stereocenters. The molecule has 0 fully saturated rings. The molecule has 0 bridgehead atoms. The number of aryl methyl sites for hydroxylation is 1. The Morgan fingerprint density at radius 1 is 1.22 bits per heavy atom. The zero-order valence-corrected chi connectivity index (χ0v) is 15.9. The van der Waals surface area contributed by atoms with Gasteiger partial charge in [-0.05, 0) is 30.7 Å². The third kappa shape index (κ3) is 3.57. The van der Waals surface area contributed by atoms with Crippen molar-refractivity contribution in [1.82, 2.24) is 9.97 Å². The Bertz CT molecular complexity index is 1110. The summed E-state index contributed by atoms with van der Waals surface area (Å²) in [5, 5.41) is 6.60. The number of hydrogen-bond donors (Lipinski definition) is 2. The van der Waals surface area contributed by atoms with E-state index >= 15 is 0 Å². The van der Waals surface area contributed by atoms with E-state index < -0.39 is 0 Å². The Balaban J connectivity index is 1.52. The zero-order valence-electron chi connectivity index (χ0n) is 15.1. The van der Waals surface area contributed by atoms with Gasteiger partial charge in [0.15, 0.2) is 5.13 Å². The van der Waals surface area contributed by atoms with Crippen LogP contribution in [0.5, 0.6) is 5.75 Å². The summed E-state index contributed by atoms with van der Waals surface area (Å²) < 4.78 is 5.20. The number of amides is 1. The first-order valence-corrected chi connectivity index (χ1v) is 9.48. The lowest BCUT2D eigenvalue weighted by atomic mass is 10.1. The Hall–Kier alpha value is -3.12. The van der Waals surface area contributed by atoms with Gasteiger partial charge in [-0.2, -0.15) is 0 Å². The molecule has 2 aromatic heterocycles. The minimum absolute atomic E-state index is 0.0974. The molecule has 4 aromatic rings. The van der Waals surface area contributed by atoms with Crippen LogP contribution in [0.15, 0.2) is 53.9 Å². The first kappa shape index (κ1) is 17.3. The number of benzene rings is 2. The van der Waals surface area contributed by atoms with E-state index in [0.29, 0.717) is 5.13 Å². The summed E-state index contributed by atoms with van der Waals surface area (Å²) in [6, 6.07) is 15.7. The molecule has 0 aliphatic carbocycles. The highest BCUT2D eigenvalue weighted by Gasteiger charge is 2.14. The maximum Gasteiger partial charge on any atom is 0.230 e. The number of nitrogens with zero attached hydrogens (tertiary/aromatic N) is 1. The molecular formula is C21H19N3O2S. The number of H-pyrrole nitrogens is 1. The van der Waals surface area contributed by atoms with Crippen molar-refractivity contribution in [2.75, 3.05) is 12.4 Å². The van der Waals surface area contributed by atoms with Gasteiger partial charge in [0.05, 0.1) is 19.2 Å². The lowest BCUT2D eigenvalue weighted by Crippen LogP contribution is -2.14. The average molecular weight is 377 g/mol. The van der Waals surface area contributed by atoms with Crippen molar-refractivity contribution < 1.29 is 9.53 Å². The fourth-order valence-corrected chi connectivity index (χ4v) is 3.90. The lowest BCUT2D eigenvalue weighted by molar-refractivity contribution is -0.115. The molecule has 2 aromatic carbocycles. The number of thiazole rings is 1. The second-order valence-electron chi connectivity index (χ2n) is 6.28. The molecule has 136 valence electrons. The number of methoxy groups -OCH3 is 1. The van der Waals surface area contributed by atoms with Gasteiger partial charge in [-0.15, -0.1) is 11.3 Å². The van der Waals surface area contributed by atoms with Crippen molar-refractivity contribution >= 4 is 33.3 Å². The average Bonchev–Trinajstić information content (AvgIpc) is 3.24. The predicted molar refractivity (Wildman–Crippen MR) is 109 cm³/mol. The third-order valence-corrected chi connectivity index (χ3v) is 5.16. The molecule has 5 nitrogen and oxygen atoms in total. The summed E-state index contributed by atoms with van der Waals surface area (Å²) in [7, 11) is 1.61. The molecule has 0 atom stereocenters. The van der Waals surface area contributed by atoms with Crippen molar-refractivity contribution in [1.29, 1.82) is 0 Å². The van der Waals surface area contributed by atoms with Gasteiger partial charge < -0.3 is 15.0 Å². The van der Waals surface area contributed by atoms with Crippen molar-refractivity contribution in [2.24, 2.45) is 0 Å². The summed E-state index contributed by atoms with van der Waals surface area (Å²) in [6.07, 6.45) is 0.276. The van der Waals surface area contributed by atoms with Crippen LogP contribution < -0.4 is 10.1 Å². The SMILES string of the molecule is COc1cccc(CC(=O)Nc2nc(-c3c(C)[nH]c4ccccc34)cs2)c1. The number of hydrogen-bond acceptors (Lipinski definition) is 4. The van der Waals surface area contributed by atoms with Gasteiger partial charge in [-0.1, -0.05) is 30.3 Å². The molecule has 2 heterocycles. The Morgan fingerprint density at radius 3 is 2.93 bits per heavy atom. The number of fused-ring (bicyclic) bond motifs is 1. The minimum atomic E-state index is -0.0974. The van der Waals surface area contributed by atoms with Gasteiger partial charge >= 0.3 is 0 Å². The molecule has 1 amide bonds. The van der Waals surface area contributed by atoms with Crippen molar-refractivity contribution in [3.05, 3.63) is 65.2 Å². The van der Waals surface area contributed by atoms with Crippen LogP contribution in [0.3, 0.4) is 0 Å². The van der Waals surface area contributed by atoms with Gasteiger partial charge in [0.25, 0.3) is 0 Å². The fourth-order valence-electron chi connectivity index (χ4n) is 3.18. The summed E-state index contributed by atoms with van der Waals surface area (Å²) in [6.45, 7) is 2.04. The van der Waals surface area contributed by atoms with Gasteiger partial charge in [-0.3, -0.25) is 4.79 Å². The molecule has 0 saturated carbocycles. The van der Waals surface area contributed by atoms with Crippen LogP contribution in [0.1, 0.15) is 11.3 Å². The van der Waals surface area contributed by atoms with Crippen LogP contribution in [0.25, 0.3) is 22.2 Å². The second-order valence-corrected chi connectivity index (χ2v) is 7.14. The number of aromatic amines is 1. The van der Waals surface area contributed by atoms with Gasteiger partial charge in [-0.25, -0.2) is 4.98 Å². The van der Waals surface area contributed by atoms with E-state index in [1.54, 1.807) is 7.11 Å². The van der Waals surface area contributed by atoms with Gasteiger partial charge in [0, 0.05) is 27.5 Å². The largest absolute Gasteiger partial charge is 0.497 e. The van der Waals surface area contributed by atoms with Gasteiger partial charge in [0.1, 0.15) is 5.75 Å². The molecule has 0 radical (unpaired) electrons. The third-order valence-electron chi connectivity index (χ3n) is 4.40. The molecule has 6 heteroatoms. The monoisotopic (exact) mass is 377 g/mol. The maximum absolute atomic E-state index is 12.4. The van der Waals surface area contributed by atoms with Crippen LogP contribution >= 0.6 is 11.3 Å². The highest BCUT2D eigenvalue weighted by molar-refractivity contribution is 7.14. The molecule has 0 saturated heterocycles. The number of anilines is 1. The first-order valence-electron chi connectivity index (χ1n) is 8.60. The van der Waals surface area contributed by atoms with Crippen LogP contribution in [0.2, 0.25) is 0 Å². The lowest BCUT2D eigenvalue weighted by Gasteiger charge is -2.04. The van der Waals surface area contributed by atoms with Crippen LogP contribution in [-0.4, -0.2) is 23.0 Å². The smallest absolute Gasteiger partial charge is 0.230 e. The topological polar surface area (TPSA) is 67.0 Å². The van der Waals surface area contributed by atoms with Crippen LogP contribution in [-0.2, 0) is 11.2 Å². The van der Waals surface area contributed by atoms with Crippen LogP contribution in [0.4, 0.5) is 5.13 Å². The molecule has 2 N–H and O–H groups in total. The number of nitrogens with one attached hydrogen (secondary N) is 2. The Kier molecular flexibility index (Phi) is 4.64. The van der Waals surface area contributed by atoms with E-state index in [9.17, 15) is 4.79 Å². The van der Waals surface area contributed by atoms with Crippen molar-refractivity contribution in [2.45, 2.75) is 13.3 Å². The van der Waals surface area contributed by atoms with E-state index in [1.165, 1.54) is 11.3 Å². The van der Waals surface area contributed by atoms with Crippen LogP contribution in [0, 0.1) is 6.92 Å². The number of para-hydroxylation sites is 1. The number of rotatable bonds is 5. The van der Waals surface area contributed by atoms with E-state index in [-0.39, 0.29) is 12.3 Å². The standard InChI is InChI=1S/C21H19N3O2S/c1-13-20(16-8-3-4-9-17(16)22-13)18-12-27-21(23-18)24-19(25)11-14-6-5-7-15(10-14)26-2/h3-10,12,22H,11H2,1-2H3,(H,23,24,25). The van der Waals surface area contributed by atoms with Crippen molar-refractivity contribution in [3.63, 3.8) is 0 Å². The Morgan fingerprint density at radius 2 is 2.07 bits per heavy atom. The first-order chi connectivity index (χ1) is 13.1. The minimum Gasteiger partial charge on any atom is -0.497 e. The molecule has 0 aliphatic heterocycles. The molecule has 27 heavy (non-hydrogen) atoms. The van der Waals surface area contributed by atoms with E-state index in [2.05, 4.69) is 27.4 Å². The maximum atomic E-state index is 12.4. The fraction of sp³-hybridized carbons (Fsp3) is 0.143. The molecule has 0 aliphatic rings. The molecule has 0 spiro atoms. The summed E-state index contributed by atoms with van der Waals surface area (Å²) in [4.78, 5) is 20.4. The number of carbonyl (C=O) groups excluding carboxylic acids is 1. The number of aromatic nitrogens is 2. The van der Waals surface area contributed by atoms with Crippen molar-refractivity contribution in [3.8, 4) is 17.0 Å². The molecular weight excluding hydrogens is 358 g/mol. The number of ether oxygens (including phenoxy) is 1. The highest BCUT2D eigenvalue weighted by Crippen LogP contribution is 2.33. The second kappa shape index (κ2) is 7.25. The predicted octanol–water partition coefficient (Wildman–Crippen LogP) is 4.79. The highest BCUT2D eigenvalue weighted by atomic mass is 32.1. The summed E-state index contributed by atoms with van der Waals surface area (Å²) in [5.41, 5.74) is 5.00. The molecule has 4 rings (SSSR count). The zero-order chi connectivity index (χ0) is 18.8. The quantitative estimate of drug-likeness (QED) is 0.525. The van der Waals surface area contributed by atoms with Gasteiger partial charge in [0.2, 0.25) is 5.91 Å². The normalized spacial score (nSPS) is 10.9. The Labute approximate surface area is 161 Å². The number of carbonyl (C=O) groups is 1.